The van der Waals surface area contributed by atoms with Crippen molar-refractivity contribution in [3.05, 3.63) is 24.5 Å². The third kappa shape index (κ3) is 1.91. The fraction of sp³-hybridized carbons (Fsp3) is 0.667. The van der Waals surface area contributed by atoms with Crippen LogP contribution in [0.4, 0.5) is 0 Å². The Labute approximate surface area is 108 Å². The highest BCUT2D eigenvalue weighted by Crippen LogP contribution is 2.42. The zero-order valence-electron chi connectivity index (χ0n) is 10.7. The van der Waals surface area contributed by atoms with E-state index < -0.39 is 0 Å². The van der Waals surface area contributed by atoms with Crippen LogP contribution in [0, 0.1) is 11.8 Å². The van der Waals surface area contributed by atoms with E-state index in [1.54, 1.807) is 6.20 Å². The number of hydrogen-bond acceptors (Lipinski definition) is 3. The van der Waals surface area contributed by atoms with Gasteiger partial charge in [-0.25, -0.2) is 0 Å². The molecule has 1 aromatic rings. The molecule has 4 rings (SSSR count). The van der Waals surface area contributed by atoms with Gasteiger partial charge in [0.05, 0.1) is 6.20 Å². The average Bonchev–Trinajstić information content (AvgIpc) is 3.07. The average molecular weight is 244 g/mol. The second-order valence-corrected chi connectivity index (χ2v) is 6.07. The third-order valence-electron chi connectivity index (χ3n) is 4.71. The van der Waals surface area contributed by atoms with Crippen LogP contribution >= 0.6 is 0 Å². The third-order valence-corrected chi connectivity index (χ3v) is 4.71. The van der Waals surface area contributed by atoms with Crippen LogP contribution < -0.4 is 4.74 Å². The number of likely N-dealkylation sites (tertiary alicyclic amines) is 1. The molecule has 3 nitrogen and oxygen atoms in total. The van der Waals surface area contributed by atoms with Crippen LogP contribution in [-0.4, -0.2) is 35.1 Å². The number of ether oxygens (including phenoxy) is 1. The maximum absolute atomic E-state index is 6.19. The van der Waals surface area contributed by atoms with Crippen molar-refractivity contribution in [1.82, 2.24) is 9.88 Å². The number of hydrogen-bond donors (Lipinski definition) is 0. The van der Waals surface area contributed by atoms with Gasteiger partial charge in [-0.05, 0) is 43.7 Å². The standard InChI is InChI=1S/C15H20N2O/c1-2-13(8-16-7-1)18-15-12-5-6-14(15)17(10-12)9-11-3-4-11/h1-2,7-8,11-12,14-15H,3-6,9-10H2. The first-order valence-corrected chi connectivity index (χ1v) is 7.21. The number of piperidine rings is 1. The maximum atomic E-state index is 6.19. The van der Waals surface area contributed by atoms with Crippen LogP contribution in [0.5, 0.6) is 5.75 Å². The first-order valence-electron chi connectivity index (χ1n) is 7.21. The summed E-state index contributed by atoms with van der Waals surface area (Å²) in [7, 11) is 0. The van der Waals surface area contributed by atoms with Gasteiger partial charge in [0, 0.05) is 31.2 Å². The highest BCUT2D eigenvalue weighted by molar-refractivity contribution is 5.17. The molecule has 18 heavy (non-hydrogen) atoms. The zero-order chi connectivity index (χ0) is 11.9. The molecule has 2 saturated carbocycles. The van der Waals surface area contributed by atoms with Crippen molar-refractivity contribution in [2.75, 3.05) is 13.1 Å². The Kier molecular flexibility index (Phi) is 2.54. The summed E-state index contributed by atoms with van der Waals surface area (Å²) in [6, 6.07) is 4.64. The van der Waals surface area contributed by atoms with Crippen LogP contribution in [0.3, 0.4) is 0 Å². The normalized spacial score (nSPS) is 35.0. The molecular formula is C15H20N2O. The Balaban J connectivity index is 1.45. The van der Waals surface area contributed by atoms with Gasteiger partial charge in [-0.1, -0.05) is 0 Å². The molecule has 2 bridgehead atoms. The van der Waals surface area contributed by atoms with Gasteiger partial charge in [-0.2, -0.15) is 0 Å². The number of fused-ring (bicyclic) bond motifs is 2. The summed E-state index contributed by atoms with van der Waals surface area (Å²) in [5.41, 5.74) is 0. The summed E-state index contributed by atoms with van der Waals surface area (Å²) in [6.07, 6.45) is 9.61. The van der Waals surface area contributed by atoms with Crippen molar-refractivity contribution in [2.45, 2.75) is 37.8 Å². The molecule has 0 spiro atoms. The minimum absolute atomic E-state index is 0.410. The molecule has 1 saturated heterocycles. The lowest BCUT2D eigenvalue weighted by Crippen LogP contribution is -2.37. The first kappa shape index (κ1) is 10.8. The van der Waals surface area contributed by atoms with Crippen molar-refractivity contribution in [3.63, 3.8) is 0 Å². The number of rotatable bonds is 4. The van der Waals surface area contributed by atoms with Gasteiger partial charge in [0.25, 0.3) is 0 Å². The van der Waals surface area contributed by atoms with E-state index in [2.05, 4.69) is 9.88 Å². The minimum atomic E-state index is 0.410. The van der Waals surface area contributed by atoms with Crippen molar-refractivity contribution in [1.29, 1.82) is 0 Å². The number of nitrogens with zero attached hydrogens (tertiary/aromatic N) is 2. The lowest BCUT2D eigenvalue weighted by molar-refractivity contribution is 0.142. The smallest absolute Gasteiger partial charge is 0.138 e. The largest absolute Gasteiger partial charge is 0.487 e. The maximum Gasteiger partial charge on any atom is 0.138 e. The summed E-state index contributed by atoms with van der Waals surface area (Å²) in [5, 5.41) is 0. The Morgan fingerprint density at radius 3 is 3.00 bits per heavy atom. The van der Waals surface area contributed by atoms with E-state index in [0.29, 0.717) is 12.1 Å². The molecule has 1 aromatic heterocycles. The molecule has 2 aliphatic carbocycles. The lowest BCUT2D eigenvalue weighted by Gasteiger charge is -2.26. The van der Waals surface area contributed by atoms with Crippen LogP contribution in [0.25, 0.3) is 0 Å². The molecule has 2 heterocycles. The molecule has 0 N–H and O–H groups in total. The summed E-state index contributed by atoms with van der Waals surface area (Å²) in [4.78, 5) is 6.82. The number of pyridine rings is 1. The summed E-state index contributed by atoms with van der Waals surface area (Å²) >= 11 is 0. The molecule has 0 aromatic carbocycles. The van der Waals surface area contributed by atoms with Crippen LogP contribution in [0.15, 0.2) is 24.5 Å². The van der Waals surface area contributed by atoms with Gasteiger partial charge in [0.1, 0.15) is 11.9 Å². The van der Waals surface area contributed by atoms with E-state index in [1.807, 2.05) is 18.3 Å². The van der Waals surface area contributed by atoms with E-state index in [-0.39, 0.29) is 0 Å². The highest BCUT2D eigenvalue weighted by atomic mass is 16.5. The van der Waals surface area contributed by atoms with Crippen LogP contribution in [-0.2, 0) is 0 Å². The molecular weight excluding hydrogens is 224 g/mol. The number of aromatic nitrogens is 1. The lowest BCUT2D eigenvalue weighted by atomic mass is 10.1. The quantitative estimate of drug-likeness (QED) is 0.813. The molecule has 3 fully saturated rings. The zero-order valence-corrected chi connectivity index (χ0v) is 10.7. The van der Waals surface area contributed by atoms with Crippen molar-refractivity contribution >= 4 is 0 Å². The molecule has 96 valence electrons. The molecule has 3 atom stereocenters. The minimum Gasteiger partial charge on any atom is -0.487 e. The predicted octanol–water partition coefficient (Wildman–Crippen LogP) is 2.33. The first-order chi connectivity index (χ1) is 8.90. The fourth-order valence-electron chi connectivity index (χ4n) is 3.64. The Morgan fingerprint density at radius 2 is 2.22 bits per heavy atom. The Hall–Kier alpha value is -1.09. The SMILES string of the molecule is c1cncc(OC2C3CCC2N(CC2CC2)C3)c1. The van der Waals surface area contributed by atoms with E-state index >= 15 is 0 Å². The second kappa shape index (κ2) is 4.23. The molecule has 1 aliphatic heterocycles. The monoisotopic (exact) mass is 244 g/mol. The second-order valence-electron chi connectivity index (χ2n) is 6.07. The molecule has 0 amide bonds. The predicted molar refractivity (Wildman–Crippen MR) is 69.5 cm³/mol. The topological polar surface area (TPSA) is 25.4 Å². The van der Waals surface area contributed by atoms with Crippen LogP contribution in [0.2, 0.25) is 0 Å². The van der Waals surface area contributed by atoms with E-state index in [9.17, 15) is 0 Å². The van der Waals surface area contributed by atoms with E-state index in [0.717, 1.165) is 17.6 Å². The highest BCUT2D eigenvalue weighted by Gasteiger charge is 2.49. The summed E-state index contributed by atoms with van der Waals surface area (Å²) in [5.74, 6) is 2.67. The van der Waals surface area contributed by atoms with Crippen molar-refractivity contribution in [2.24, 2.45) is 11.8 Å². The van der Waals surface area contributed by atoms with E-state index in [4.69, 9.17) is 4.74 Å². The summed E-state index contributed by atoms with van der Waals surface area (Å²) < 4.78 is 6.19. The van der Waals surface area contributed by atoms with Gasteiger partial charge >= 0.3 is 0 Å². The Morgan fingerprint density at radius 1 is 1.28 bits per heavy atom. The van der Waals surface area contributed by atoms with Crippen LogP contribution in [0.1, 0.15) is 25.7 Å². The molecule has 3 unspecified atom stereocenters. The van der Waals surface area contributed by atoms with Gasteiger partial charge in [0.2, 0.25) is 0 Å². The van der Waals surface area contributed by atoms with Gasteiger partial charge in [-0.15, -0.1) is 0 Å². The van der Waals surface area contributed by atoms with Gasteiger partial charge in [0.15, 0.2) is 0 Å². The Bertz CT molecular complexity index is 418. The van der Waals surface area contributed by atoms with E-state index in [1.165, 1.54) is 38.8 Å². The molecule has 3 heteroatoms. The fourth-order valence-corrected chi connectivity index (χ4v) is 3.64. The molecule has 0 radical (unpaired) electrons. The summed E-state index contributed by atoms with van der Waals surface area (Å²) in [6.45, 7) is 2.57. The van der Waals surface area contributed by atoms with Gasteiger partial charge < -0.3 is 4.74 Å². The van der Waals surface area contributed by atoms with Crippen molar-refractivity contribution in [3.8, 4) is 5.75 Å². The van der Waals surface area contributed by atoms with Crippen molar-refractivity contribution < 1.29 is 4.74 Å². The van der Waals surface area contributed by atoms with Gasteiger partial charge in [-0.3, -0.25) is 9.88 Å². The molecule has 3 aliphatic rings.